The van der Waals surface area contributed by atoms with Gasteiger partial charge in [-0.25, -0.2) is 4.98 Å². The van der Waals surface area contributed by atoms with E-state index in [-0.39, 0.29) is 23.3 Å². The number of ketones is 1. The molecule has 0 radical (unpaired) electrons. The third kappa shape index (κ3) is 3.09. The number of carbonyl (C=O) groups is 2. The number of rotatable bonds is 5. The molecule has 1 aromatic carbocycles. The normalized spacial score (nSPS) is 25.0. The van der Waals surface area contributed by atoms with Gasteiger partial charge in [0.15, 0.2) is 11.5 Å². The van der Waals surface area contributed by atoms with Crippen molar-refractivity contribution in [1.82, 2.24) is 9.55 Å². The Balaban J connectivity index is 1.44. The Morgan fingerprint density at radius 3 is 3.08 bits per heavy atom. The topological polar surface area (TPSA) is 155 Å². The molecule has 1 aliphatic carbocycles. The molecule has 0 saturated carbocycles. The van der Waals surface area contributed by atoms with Gasteiger partial charge in [0, 0.05) is 46.8 Å². The number of carbonyl (C=O) groups excluding carboxylic acids is 1. The van der Waals surface area contributed by atoms with Crippen molar-refractivity contribution in [3.05, 3.63) is 50.1 Å². The third-order valence-electron chi connectivity index (χ3n) is 7.58. The molecular formula is C25H22N6O4S2. The Hall–Kier alpha value is -3.35. The molecule has 5 N–H and O–H groups in total. The molecule has 0 amide bonds. The summed E-state index contributed by atoms with van der Waals surface area (Å²) in [5.41, 5.74) is 8.95. The number of nitrogens with zero attached hydrogens (tertiary/aromatic N) is 4. The van der Waals surface area contributed by atoms with Crippen LogP contribution in [0.4, 0.5) is 11.4 Å². The number of fused-ring (bicyclic) bond motifs is 3. The number of thioether (sulfide) groups is 2. The summed E-state index contributed by atoms with van der Waals surface area (Å²) < 4.78 is 1.77. The van der Waals surface area contributed by atoms with Crippen LogP contribution in [0.25, 0.3) is 5.57 Å². The number of nitrogens with one attached hydrogen (secondary N) is 1. The Morgan fingerprint density at radius 2 is 2.27 bits per heavy atom. The van der Waals surface area contributed by atoms with Gasteiger partial charge in [0.25, 0.3) is 0 Å². The number of carboxylic acids is 1. The molecule has 37 heavy (non-hydrogen) atoms. The van der Waals surface area contributed by atoms with Crippen molar-refractivity contribution < 1.29 is 19.8 Å². The zero-order valence-corrected chi connectivity index (χ0v) is 21.3. The Bertz CT molecular complexity index is 1670. The minimum atomic E-state index is -1.09. The van der Waals surface area contributed by atoms with Gasteiger partial charge in [-0.3, -0.25) is 19.6 Å². The van der Waals surface area contributed by atoms with E-state index >= 15 is 0 Å². The summed E-state index contributed by atoms with van der Waals surface area (Å²) in [6.07, 6.45) is 8.32. The number of phenolic OH excluding ortho intramolecular Hbond substituents is 1. The van der Waals surface area contributed by atoms with Crippen molar-refractivity contribution in [2.75, 3.05) is 11.9 Å². The zero-order chi connectivity index (χ0) is 25.6. The molecule has 188 valence electrons. The number of aryl methyl sites for hydroxylation is 1. The van der Waals surface area contributed by atoms with Gasteiger partial charge in [-0.15, -0.1) is 11.8 Å². The van der Waals surface area contributed by atoms with Gasteiger partial charge in [-0.05, 0) is 30.6 Å². The predicted octanol–water partition coefficient (Wildman–Crippen LogP) is 1.24. The number of hydrogen-bond acceptors (Lipinski definition) is 10. The molecule has 7 rings (SSSR count). The second-order valence-electron chi connectivity index (χ2n) is 9.72. The summed E-state index contributed by atoms with van der Waals surface area (Å²) in [5.74, 6) is -1.10. The number of aromatic hydroxyl groups is 1. The first kappa shape index (κ1) is 22.8. The molecule has 0 unspecified atom stereocenters. The SMILES string of the molecule is Cn1cnc(SC2=CC(=O)C=C3S[C@H]4C[C@@]23c2c(c(O)c3c5c2=NCCC=5C=N3)N4)c1C[C@H](N)C(=O)O. The zero-order valence-electron chi connectivity index (χ0n) is 19.7. The Kier molecular flexibility index (Phi) is 4.83. The second kappa shape index (κ2) is 7.83. The molecule has 4 aliphatic heterocycles. The quantitative estimate of drug-likeness (QED) is 0.415. The van der Waals surface area contributed by atoms with Crippen LogP contribution in [0.2, 0.25) is 0 Å². The number of phenols is 1. The lowest BCUT2D eigenvalue weighted by Crippen LogP contribution is -2.45. The lowest BCUT2D eigenvalue weighted by atomic mass is 9.71. The molecule has 1 fully saturated rings. The molecular weight excluding hydrogens is 512 g/mol. The van der Waals surface area contributed by atoms with Crippen LogP contribution in [0.3, 0.4) is 0 Å². The van der Waals surface area contributed by atoms with Gasteiger partial charge in [-0.2, -0.15) is 0 Å². The van der Waals surface area contributed by atoms with Gasteiger partial charge in [-0.1, -0.05) is 11.8 Å². The van der Waals surface area contributed by atoms with Gasteiger partial charge < -0.3 is 25.8 Å². The third-order valence-corrected chi connectivity index (χ3v) is 10.1. The number of nitrogens with two attached hydrogens (primary N) is 1. The first-order chi connectivity index (χ1) is 17.8. The summed E-state index contributed by atoms with van der Waals surface area (Å²) in [6.45, 7) is 0.624. The number of aromatic nitrogens is 2. The monoisotopic (exact) mass is 534 g/mol. The van der Waals surface area contributed by atoms with Crippen LogP contribution in [0.1, 0.15) is 24.1 Å². The van der Waals surface area contributed by atoms with Crippen LogP contribution in [0, 0.1) is 0 Å². The fraction of sp³-hybridized carbons (Fsp3) is 0.320. The van der Waals surface area contributed by atoms with Crippen LogP contribution in [-0.2, 0) is 28.5 Å². The molecule has 1 aromatic heterocycles. The lowest BCUT2D eigenvalue weighted by molar-refractivity contribution is -0.138. The van der Waals surface area contributed by atoms with E-state index in [1.54, 1.807) is 41.9 Å². The fourth-order valence-corrected chi connectivity index (χ4v) is 8.73. The first-order valence-electron chi connectivity index (χ1n) is 11.9. The van der Waals surface area contributed by atoms with Gasteiger partial charge in [0.2, 0.25) is 0 Å². The van der Waals surface area contributed by atoms with Crippen molar-refractivity contribution in [3.63, 3.8) is 0 Å². The smallest absolute Gasteiger partial charge is 0.320 e. The standard InChI is InChI=1S/C25H22N6O4S2/c1-31-9-29-23(13(31)6-12(26)24(34)35)37-15-5-11(32)4-14-25(15)7-16(36-14)30-21-18(25)19-17-10(2-3-27-19)8-28-20(17)22(21)33/h4-5,8-9,12,16,30,33H,2-3,6-7,26H2,1H3,(H,34,35)/t12-,16-,25-/m0/s1. The molecule has 10 nitrogen and oxygen atoms in total. The van der Waals surface area contributed by atoms with E-state index in [0.717, 1.165) is 37.9 Å². The number of allylic oxidation sites excluding steroid dienone is 4. The minimum Gasteiger partial charge on any atom is -0.504 e. The van der Waals surface area contributed by atoms with Crippen LogP contribution in [0.15, 0.2) is 43.3 Å². The van der Waals surface area contributed by atoms with E-state index in [9.17, 15) is 19.8 Å². The molecule has 2 aromatic rings. The van der Waals surface area contributed by atoms with E-state index in [4.69, 9.17) is 10.7 Å². The summed E-state index contributed by atoms with van der Waals surface area (Å²) in [4.78, 5) is 40.1. The maximum atomic E-state index is 12.9. The molecule has 5 aliphatic rings. The summed E-state index contributed by atoms with van der Waals surface area (Å²) >= 11 is 2.95. The van der Waals surface area contributed by atoms with Crippen molar-refractivity contribution in [3.8, 4) is 5.75 Å². The number of benzene rings is 1. The van der Waals surface area contributed by atoms with Crippen molar-refractivity contribution in [2.45, 2.75) is 41.1 Å². The second-order valence-corrected chi connectivity index (χ2v) is 12.0. The first-order valence-corrected chi connectivity index (χ1v) is 13.6. The highest BCUT2D eigenvalue weighted by Gasteiger charge is 2.56. The van der Waals surface area contributed by atoms with Crippen molar-refractivity contribution in [2.24, 2.45) is 22.8 Å². The Labute approximate surface area is 219 Å². The summed E-state index contributed by atoms with van der Waals surface area (Å²) in [7, 11) is 1.80. The number of aliphatic carboxylic acids is 1. The number of anilines is 1. The average molecular weight is 535 g/mol. The average Bonchev–Trinajstić information content (AvgIpc) is 3.53. The predicted molar refractivity (Wildman–Crippen MR) is 141 cm³/mol. The largest absolute Gasteiger partial charge is 0.504 e. The molecule has 1 spiro atoms. The van der Waals surface area contributed by atoms with E-state index in [0.29, 0.717) is 35.1 Å². The molecule has 1 saturated heterocycles. The maximum Gasteiger partial charge on any atom is 0.320 e. The Morgan fingerprint density at radius 1 is 1.43 bits per heavy atom. The fourth-order valence-electron chi connectivity index (χ4n) is 5.87. The minimum absolute atomic E-state index is 0.0501. The van der Waals surface area contributed by atoms with Crippen LogP contribution in [0.5, 0.6) is 5.75 Å². The van der Waals surface area contributed by atoms with Crippen molar-refractivity contribution >= 4 is 58.4 Å². The molecule has 12 heteroatoms. The highest BCUT2D eigenvalue weighted by Crippen LogP contribution is 2.65. The van der Waals surface area contributed by atoms with Gasteiger partial charge >= 0.3 is 5.97 Å². The number of aliphatic imine (C=N–C) groups is 1. The van der Waals surface area contributed by atoms with Crippen LogP contribution in [-0.4, -0.2) is 55.7 Å². The van der Waals surface area contributed by atoms with Gasteiger partial charge in [0.1, 0.15) is 16.8 Å². The van der Waals surface area contributed by atoms with Crippen LogP contribution < -0.4 is 21.6 Å². The highest BCUT2D eigenvalue weighted by molar-refractivity contribution is 8.05. The van der Waals surface area contributed by atoms with E-state index in [1.807, 2.05) is 6.21 Å². The van der Waals surface area contributed by atoms with E-state index in [2.05, 4.69) is 15.3 Å². The maximum absolute atomic E-state index is 12.9. The molecule has 2 bridgehead atoms. The highest BCUT2D eigenvalue weighted by atomic mass is 32.2. The number of carboxylic acid groups (broad SMARTS) is 1. The summed E-state index contributed by atoms with van der Waals surface area (Å²) in [5, 5.41) is 26.5. The molecule has 3 atom stereocenters. The van der Waals surface area contributed by atoms with Gasteiger partial charge in [0.05, 0.1) is 33.9 Å². The van der Waals surface area contributed by atoms with Crippen LogP contribution >= 0.6 is 23.5 Å². The van der Waals surface area contributed by atoms with Crippen molar-refractivity contribution in [1.29, 1.82) is 0 Å². The lowest BCUT2D eigenvalue weighted by Gasteiger charge is -2.39. The van der Waals surface area contributed by atoms with E-state index < -0.39 is 17.4 Å². The number of imidazole rings is 1. The van der Waals surface area contributed by atoms with E-state index in [1.165, 1.54) is 11.8 Å². The number of hydrogen-bond donors (Lipinski definition) is 4. The summed E-state index contributed by atoms with van der Waals surface area (Å²) in [6, 6.07) is -1.08. The molecule has 5 heterocycles.